The number of carbonyl (C=O) groups is 2. The molecule has 0 aliphatic rings. The van der Waals surface area contributed by atoms with Crippen LogP contribution in [0.4, 0.5) is 0 Å². The Morgan fingerprint density at radius 3 is 2.43 bits per heavy atom. The van der Waals surface area contributed by atoms with Crippen LogP contribution in [-0.4, -0.2) is 45.6 Å². The molecule has 30 heavy (non-hydrogen) atoms. The van der Waals surface area contributed by atoms with E-state index in [4.69, 9.17) is 4.74 Å². The number of nitrogens with one attached hydrogen (secondary N) is 3. The van der Waals surface area contributed by atoms with E-state index in [0.717, 1.165) is 29.2 Å². The van der Waals surface area contributed by atoms with E-state index in [0.29, 0.717) is 25.3 Å². The summed E-state index contributed by atoms with van der Waals surface area (Å²) in [6, 6.07) is 11.7. The molecule has 0 aliphatic heterocycles. The molecule has 0 bridgehead atoms. The molecule has 6 heteroatoms. The number of likely N-dealkylation sites (N-methyl/N-ethyl adjacent to an activating group) is 1. The van der Waals surface area contributed by atoms with Crippen molar-refractivity contribution in [1.29, 1.82) is 0 Å². The van der Waals surface area contributed by atoms with E-state index in [1.54, 1.807) is 19.2 Å². The summed E-state index contributed by atoms with van der Waals surface area (Å²) in [5.41, 5.74) is 5.31. The highest BCUT2D eigenvalue weighted by molar-refractivity contribution is 5.93. The predicted molar refractivity (Wildman–Crippen MR) is 119 cm³/mol. The first kappa shape index (κ1) is 23.4. The van der Waals surface area contributed by atoms with Crippen LogP contribution in [0.25, 0.3) is 0 Å². The maximum atomic E-state index is 12.2. The molecule has 6 nitrogen and oxygen atoms in total. The number of benzene rings is 2. The zero-order valence-electron chi connectivity index (χ0n) is 18.7. The Hall–Kier alpha value is -2.86. The number of quaternary nitrogens is 1. The Kier molecular flexibility index (Phi) is 8.87. The van der Waals surface area contributed by atoms with Crippen molar-refractivity contribution in [2.75, 3.05) is 33.8 Å². The van der Waals surface area contributed by atoms with Gasteiger partial charge in [0.15, 0.2) is 6.54 Å². The van der Waals surface area contributed by atoms with Gasteiger partial charge in [0.25, 0.3) is 11.8 Å². The number of hydrogen-bond donors (Lipinski definition) is 3. The number of aryl methyl sites for hydroxylation is 2. The van der Waals surface area contributed by atoms with E-state index >= 15 is 0 Å². The molecule has 0 spiro atoms. The Balaban J connectivity index is 1.67. The summed E-state index contributed by atoms with van der Waals surface area (Å²) in [6.45, 7) is 8.50. The highest BCUT2D eigenvalue weighted by Gasteiger charge is 2.11. The lowest BCUT2D eigenvalue weighted by Crippen LogP contribution is -3.08. The van der Waals surface area contributed by atoms with Gasteiger partial charge in [0, 0.05) is 24.7 Å². The van der Waals surface area contributed by atoms with Gasteiger partial charge in [0.1, 0.15) is 12.3 Å². The molecule has 2 rings (SSSR count). The minimum Gasteiger partial charge on any atom is -0.493 e. The van der Waals surface area contributed by atoms with E-state index in [1.807, 2.05) is 19.2 Å². The molecule has 0 aromatic heterocycles. The number of ether oxygens (including phenoxy) is 1. The lowest BCUT2D eigenvalue weighted by atomic mass is 10.1. The lowest BCUT2D eigenvalue weighted by Gasteiger charge is -2.15. The van der Waals surface area contributed by atoms with Crippen molar-refractivity contribution < 1.29 is 19.2 Å². The van der Waals surface area contributed by atoms with Gasteiger partial charge < -0.3 is 20.3 Å². The molecular weight excluding hydrogens is 378 g/mol. The van der Waals surface area contributed by atoms with Crippen LogP contribution in [0.5, 0.6) is 5.75 Å². The molecule has 0 fully saturated rings. The summed E-state index contributed by atoms with van der Waals surface area (Å²) in [6.07, 6.45) is 0.762. The number of hydrogen-bond acceptors (Lipinski definition) is 3. The normalized spacial score (nSPS) is 11.6. The molecular formula is C24H34N3O3+. The van der Waals surface area contributed by atoms with Crippen LogP contribution in [0, 0.1) is 20.8 Å². The van der Waals surface area contributed by atoms with Gasteiger partial charge in [0.2, 0.25) is 0 Å². The molecule has 0 aliphatic carbocycles. The Bertz CT molecular complexity index is 863. The second-order valence-corrected chi connectivity index (χ2v) is 7.84. The van der Waals surface area contributed by atoms with E-state index in [2.05, 4.69) is 43.5 Å². The van der Waals surface area contributed by atoms with Crippen LogP contribution in [0.1, 0.15) is 39.0 Å². The van der Waals surface area contributed by atoms with Crippen LogP contribution in [0.2, 0.25) is 0 Å². The molecule has 0 saturated heterocycles. The molecule has 1 atom stereocenters. The minimum absolute atomic E-state index is 0.0251. The van der Waals surface area contributed by atoms with E-state index in [9.17, 15) is 9.59 Å². The fourth-order valence-electron chi connectivity index (χ4n) is 3.30. The van der Waals surface area contributed by atoms with Crippen molar-refractivity contribution in [3.63, 3.8) is 0 Å². The van der Waals surface area contributed by atoms with Crippen molar-refractivity contribution in [3.05, 3.63) is 64.2 Å². The highest BCUT2D eigenvalue weighted by atomic mass is 16.5. The van der Waals surface area contributed by atoms with Crippen molar-refractivity contribution in [3.8, 4) is 5.75 Å². The van der Waals surface area contributed by atoms with Gasteiger partial charge in [-0.15, -0.1) is 0 Å². The summed E-state index contributed by atoms with van der Waals surface area (Å²) in [5, 5.41) is 5.57. The minimum atomic E-state index is -0.0988. The fourth-order valence-corrected chi connectivity index (χ4v) is 3.30. The second-order valence-electron chi connectivity index (χ2n) is 7.84. The fraction of sp³-hybridized carbons (Fsp3) is 0.417. The maximum Gasteiger partial charge on any atom is 0.275 e. The Morgan fingerprint density at radius 2 is 1.77 bits per heavy atom. The van der Waals surface area contributed by atoms with Crippen LogP contribution in [-0.2, 0) is 11.3 Å². The largest absolute Gasteiger partial charge is 0.493 e. The van der Waals surface area contributed by atoms with Crippen LogP contribution >= 0.6 is 0 Å². The van der Waals surface area contributed by atoms with Gasteiger partial charge >= 0.3 is 0 Å². The maximum absolute atomic E-state index is 12.2. The van der Waals surface area contributed by atoms with Gasteiger partial charge in [-0.1, -0.05) is 18.2 Å². The van der Waals surface area contributed by atoms with E-state index in [-0.39, 0.29) is 11.8 Å². The van der Waals surface area contributed by atoms with Gasteiger partial charge in [0.05, 0.1) is 13.7 Å². The Morgan fingerprint density at radius 1 is 1.07 bits per heavy atom. The molecule has 3 N–H and O–H groups in total. The van der Waals surface area contributed by atoms with Crippen molar-refractivity contribution in [2.24, 2.45) is 0 Å². The van der Waals surface area contributed by atoms with Gasteiger partial charge in [-0.3, -0.25) is 9.59 Å². The third-order valence-corrected chi connectivity index (χ3v) is 5.08. The molecule has 2 aromatic carbocycles. The zero-order chi connectivity index (χ0) is 22.1. The number of amides is 2. The smallest absolute Gasteiger partial charge is 0.275 e. The monoisotopic (exact) mass is 412 g/mol. The molecule has 0 heterocycles. The first-order valence-electron chi connectivity index (χ1n) is 10.4. The molecule has 1 unspecified atom stereocenters. The van der Waals surface area contributed by atoms with Gasteiger partial charge in [-0.25, -0.2) is 0 Å². The van der Waals surface area contributed by atoms with Crippen molar-refractivity contribution >= 4 is 11.8 Å². The van der Waals surface area contributed by atoms with Gasteiger partial charge in [-0.05, 0) is 62.1 Å². The summed E-state index contributed by atoms with van der Waals surface area (Å²) >= 11 is 0. The second kappa shape index (κ2) is 11.4. The number of carbonyl (C=O) groups excluding carboxylic acids is 2. The predicted octanol–water partition coefficient (Wildman–Crippen LogP) is 1.57. The summed E-state index contributed by atoms with van der Waals surface area (Å²) in [4.78, 5) is 24.9. The lowest BCUT2D eigenvalue weighted by molar-refractivity contribution is -0.885. The first-order valence-corrected chi connectivity index (χ1v) is 10.4. The van der Waals surface area contributed by atoms with Crippen LogP contribution < -0.4 is 20.3 Å². The van der Waals surface area contributed by atoms with E-state index in [1.165, 1.54) is 16.7 Å². The molecule has 0 saturated carbocycles. The van der Waals surface area contributed by atoms with Crippen molar-refractivity contribution in [2.45, 2.75) is 33.7 Å². The SMILES string of the molecule is CNC(=O)c1ccc(C[NH+](C)CC(=O)NCCCOc2cc(C)cc(C)c2C)cc1. The first-order chi connectivity index (χ1) is 14.3. The summed E-state index contributed by atoms with van der Waals surface area (Å²) in [7, 11) is 3.60. The van der Waals surface area contributed by atoms with Gasteiger partial charge in [-0.2, -0.15) is 0 Å². The van der Waals surface area contributed by atoms with Crippen molar-refractivity contribution in [1.82, 2.24) is 10.6 Å². The summed E-state index contributed by atoms with van der Waals surface area (Å²) < 4.78 is 5.89. The van der Waals surface area contributed by atoms with E-state index < -0.39 is 0 Å². The topological polar surface area (TPSA) is 71.9 Å². The molecule has 0 radical (unpaired) electrons. The molecule has 2 amide bonds. The third kappa shape index (κ3) is 7.19. The molecule has 162 valence electrons. The summed E-state index contributed by atoms with van der Waals surface area (Å²) in [5.74, 6) is 0.848. The van der Waals surface area contributed by atoms with Crippen LogP contribution in [0.3, 0.4) is 0 Å². The average molecular weight is 413 g/mol. The Labute approximate surface area is 179 Å². The third-order valence-electron chi connectivity index (χ3n) is 5.08. The number of rotatable bonds is 10. The standard InChI is InChI=1S/C24H33N3O3/c1-17-13-18(2)19(3)22(14-17)30-12-6-11-26-23(28)16-27(5)15-20-7-9-21(10-8-20)24(29)25-4/h7-10,13-14H,6,11-12,15-16H2,1-5H3,(H,25,29)(H,26,28)/p+1. The quantitative estimate of drug-likeness (QED) is 0.519. The zero-order valence-corrected chi connectivity index (χ0v) is 18.7. The van der Waals surface area contributed by atoms with Crippen LogP contribution in [0.15, 0.2) is 36.4 Å². The molecule has 2 aromatic rings. The average Bonchev–Trinajstić information content (AvgIpc) is 2.71. The highest BCUT2D eigenvalue weighted by Crippen LogP contribution is 2.23.